The first-order valence-electron chi connectivity index (χ1n) is 22.3. The molecule has 0 amide bonds. The van der Waals surface area contributed by atoms with Crippen LogP contribution in [0.15, 0.2) is 85.1 Å². The molecule has 0 spiro atoms. The van der Waals surface area contributed by atoms with Crippen molar-refractivity contribution in [3.63, 3.8) is 0 Å². The largest absolute Gasteiger partial charge is 0.481 e. The molecule has 3 aliphatic rings. The number of hydrogen-bond acceptors (Lipinski definition) is 17. The lowest BCUT2D eigenvalue weighted by Crippen LogP contribution is -2.61. The van der Waals surface area contributed by atoms with E-state index in [2.05, 4.69) is 0 Å². The monoisotopic (exact) mass is 965 g/mol. The molecule has 368 valence electrons. The van der Waals surface area contributed by atoms with Crippen LogP contribution in [0.3, 0.4) is 0 Å². The van der Waals surface area contributed by atoms with E-state index in [-0.39, 0.29) is 31.6 Å². The molecular formula is C47H73NO17. The number of cyclic esters (lactones) is 1. The lowest BCUT2D eigenvalue weighted by atomic mass is 9.98. The van der Waals surface area contributed by atoms with E-state index < -0.39 is 147 Å². The minimum atomic E-state index is -2.33. The third kappa shape index (κ3) is 18.6. The standard InChI is InChI=1S/C47H73NO17/c1-27-17-15-13-11-9-7-5-6-8-10-12-14-16-18-34(64-46-44(58)41(48)43(57)30(4)63-46)24-38-40(45(59)60)37(54)26-47(61,65-38)25-33(51)22-36(53)35(52)20-19-31(49)21-32(50)23-39(55)62-29(3)28(2)42(27)56/h5-18,27-38,40-44,46,49-54,56-58,61H,19-26,48H2,1-4H3,(H,59,60)/b6-5+,9-7+,10-8+,13-11+,14-12+,17-15-,18-16+/t27-,28+,29+,30+,31+,32-,33+,34+,35-,36-,37+,38+,40-,41+,42-,43-,44+,46+,47-/m1/s1/i1+1,2+1,3+1,5+1,6+1,7+1,8+1,9+1,10+1,11+1,12+1,13+1,14+1,15+1,16+1,17+1,18+1,19+1,20+1,21+1,22+1,23+1,24+1,25+1,26+1,27+1,28+1,29+1,31+1,32+1,33+1,34+1,35+1,36+1,37+1,38+1,39+1,40+1,42+1,45+1,47+1. The van der Waals surface area contributed by atoms with Crippen LogP contribution < -0.4 is 5.73 Å². The fourth-order valence-electron chi connectivity index (χ4n) is 7.97. The molecule has 13 N–H and O–H groups in total. The van der Waals surface area contributed by atoms with Gasteiger partial charge >= 0.3 is 11.9 Å². The molecule has 0 aromatic heterocycles. The molecule has 2 bridgehead atoms. The molecular weight excluding hydrogens is 891 g/mol. The summed E-state index contributed by atoms with van der Waals surface area (Å²) in [5, 5.41) is 118. The van der Waals surface area contributed by atoms with E-state index in [1.807, 2.05) is 19.1 Å². The van der Waals surface area contributed by atoms with E-state index in [1.54, 1.807) is 80.7 Å². The zero-order chi connectivity index (χ0) is 48.4. The van der Waals surface area contributed by atoms with Crippen LogP contribution in [0.1, 0.15) is 79.1 Å². The van der Waals surface area contributed by atoms with E-state index in [4.69, 9.17) is 24.7 Å². The summed E-state index contributed by atoms with van der Waals surface area (Å²) in [6.07, 6.45) is 3.46. The van der Waals surface area contributed by atoms with Crippen molar-refractivity contribution in [3.05, 3.63) is 85.1 Å². The lowest BCUT2D eigenvalue weighted by molar-refractivity contribution is -0.308. The molecule has 3 heterocycles. The lowest BCUT2D eigenvalue weighted by Gasteiger charge is -2.45. The van der Waals surface area contributed by atoms with E-state index in [1.165, 1.54) is 13.0 Å². The number of nitrogens with two attached hydrogens (primary N) is 1. The Morgan fingerprint density at radius 2 is 1.23 bits per heavy atom. The number of fused-ring (bicyclic) bond motifs is 2. The Hall–Kier alpha value is -3.44. The average Bonchev–Trinajstić information content (AvgIpc) is 3.21. The highest BCUT2D eigenvalue weighted by Crippen LogP contribution is 2.38. The maximum atomic E-state index is 12.6. The molecule has 3 rings (SSSR count). The second kappa shape index (κ2) is 27.4. The number of aliphatic hydroxyl groups is 10. The van der Waals surface area contributed by atoms with Gasteiger partial charge in [0.25, 0.3) is 0 Å². The first-order valence-corrected chi connectivity index (χ1v) is 22.3. The maximum Gasteiger partial charge on any atom is 0.311 e. The second-order valence-electron chi connectivity index (χ2n) is 17.6. The molecule has 18 nitrogen and oxygen atoms in total. The van der Waals surface area contributed by atoms with Crippen molar-refractivity contribution >= 4 is 11.9 Å². The number of aliphatic hydroxyl groups excluding tert-OH is 9. The van der Waals surface area contributed by atoms with Crippen LogP contribution >= 0.6 is 0 Å². The van der Waals surface area contributed by atoms with Gasteiger partial charge in [-0.15, -0.1) is 0 Å². The highest BCUT2D eigenvalue weighted by Gasteiger charge is 2.51. The number of carboxylic acid groups (broad SMARTS) is 1. The van der Waals surface area contributed by atoms with Gasteiger partial charge in [0, 0.05) is 37.5 Å². The minimum Gasteiger partial charge on any atom is -0.481 e. The summed E-state index contributed by atoms with van der Waals surface area (Å²) in [5.74, 6) is -6.83. The zero-order valence-corrected chi connectivity index (χ0v) is 37.6. The number of allylic oxidation sites excluding steroid dienone is 12. The van der Waals surface area contributed by atoms with Crippen LogP contribution in [0.25, 0.3) is 0 Å². The minimum absolute atomic E-state index is 0.107. The topological polar surface area (TPSA) is 320 Å². The number of aliphatic carboxylic acids is 1. The fourth-order valence-corrected chi connectivity index (χ4v) is 7.97. The highest BCUT2D eigenvalue weighted by atomic mass is 16.8. The van der Waals surface area contributed by atoms with E-state index >= 15 is 0 Å². The quantitative estimate of drug-likeness (QED) is 0.137. The summed E-state index contributed by atoms with van der Waals surface area (Å²) in [5.41, 5.74) is 6.02. The Bertz CT molecular complexity index is 1670. The molecule has 0 radical (unpaired) electrons. The van der Waals surface area contributed by atoms with Gasteiger partial charge in [0.2, 0.25) is 0 Å². The first kappa shape index (κ1) is 55.9. The summed E-state index contributed by atoms with van der Waals surface area (Å²) in [4.78, 5) is 25.1. The number of carboxylic acids is 1. The molecule has 0 aromatic carbocycles. The van der Waals surface area contributed by atoms with Gasteiger partial charge in [-0.1, -0.05) is 98.9 Å². The number of rotatable bonds is 3. The van der Waals surface area contributed by atoms with Crippen LogP contribution in [0.5, 0.6) is 0 Å². The van der Waals surface area contributed by atoms with Gasteiger partial charge < -0.3 is 80.9 Å². The third-order valence-electron chi connectivity index (χ3n) is 12.0. The molecule has 65 heavy (non-hydrogen) atoms. The van der Waals surface area contributed by atoms with Gasteiger partial charge in [-0.05, 0) is 33.1 Å². The average molecular weight is 965 g/mol. The Kier molecular flexibility index (Phi) is 23.6. The molecule has 18 heteroatoms. The Morgan fingerprint density at radius 1 is 0.662 bits per heavy atom. The van der Waals surface area contributed by atoms with Crippen LogP contribution in [-0.4, -0.2) is 166 Å². The highest BCUT2D eigenvalue weighted by molar-refractivity contribution is 5.71. The summed E-state index contributed by atoms with van der Waals surface area (Å²) >= 11 is 0. The van der Waals surface area contributed by atoms with Crippen LogP contribution in [0.2, 0.25) is 0 Å². The molecule has 0 saturated carbocycles. The number of carbonyl (C=O) groups is 2. The summed E-state index contributed by atoms with van der Waals surface area (Å²) in [6.45, 7) is 6.74. The van der Waals surface area contributed by atoms with Gasteiger partial charge in [0.1, 0.15) is 18.1 Å². The van der Waals surface area contributed by atoms with Gasteiger partial charge in [-0.25, -0.2) is 0 Å². The fraction of sp³-hybridized carbons (Fsp3) is 0.660. The van der Waals surface area contributed by atoms with Crippen LogP contribution in [-0.2, 0) is 28.5 Å². The van der Waals surface area contributed by atoms with Crippen molar-refractivity contribution in [2.45, 2.75) is 177 Å². The third-order valence-corrected chi connectivity index (χ3v) is 12.0. The van der Waals surface area contributed by atoms with Crippen molar-refractivity contribution < 1.29 is 84.7 Å². The van der Waals surface area contributed by atoms with Crippen molar-refractivity contribution in [1.29, 1.82) is 0 Å². The maximum absolute atomic E-state index is 12.6. The number of carbonyl (C=O) groups excluding carboxylic acids is 1. The Morgan fingerprint density at radius 3 is 1.82 bits per heavy atom. The summed E-state index contributed by atoms with van der Waals surface area (Å²) in [6, 6.07) is -1.15. The zero-order valence-electron chi connectivity index (χ0n) is 37.6. The number of hydrogen-bond donors (Lipinski definition) is 12. The molecule has 0 aromatic rings. The molecule has 3 aliphatic heterocycles. The number of esters is 1. The second-order valence-corrected chi connectivity index (χ2v) is 17.6. The van der Waals surface area contributed by atoms with E-state index in [0.717, 1.165) is 0 Å². The van der Waals surface area contributed by atoms with Crippen molar-refractivity contribution in [2.24, 2.45) is 23.5 Å². The van der Waals surface area contributed by atoms with Gasteiger partial charge in [0.15, 0.2) is 12.1 Å². The van der Waals surface area contributed by atoms with Gasteiger partial charge in [0.05, 0.1) is 79.6 Å². The normalized spacial score (nSPS) is 45.5. The first-order chi connectivity index (χ1) is 30.6. The molecule has 2 fully saturated rings. The molecule has 0 unspecified atom stereocenters. The van der Waals surface area contributed by atoms with E-state index in [9.17, 15) is 65.8 Å². The molecule has 2 saturated heterocycles. The van der Waals surface area contributed by atoms with Gasteiger partial charge in [-0.2, -0.15) is 0 Å². The Balaban J connectivity index is 1.86. The summed E-state index contributed by atoms with van der Waals surface area (Å²) < 4.78 is 23.1. The van der Waals surface area contributed by atoms with Crippen LogP contribution in [0.4, 0.5) is 0 Å². The molecule has 19 atom stereocenters. The van der Waals surface area contributed by atoms with Crippen LogP contribution in [0, 0.1) is 17.8 Å². The summed E-state index contributed by atoms with van der Waals surface area (Å²) in [7, 11) is 0. The van der Waals surface area contributed by atoms with Gasteiger partial charge in [-0.3, -0.25) is 9.59 Å². The van der Waals surface area contributed by atoms with E-state index in [0.29, 0.717) is 0 Å². The van der Waals surface area contributed by atoms with Crippen molar-refractivity contribution in [3.8, 4) is 0 Å². The van der Waals surface area contributed by atoms with Crippen molar-refractivity contribution in [1.82, 2.24) is 0 Å². The van der Waals surface area contributed by atoms with Crippen molar-refractivity contribution in [2.75, 3.05) is 0 Å². The molecule has 0 aliphatic carbocycles. The smallest absolute Gasteiger partial charge is 0.311 e. The predicted octanol–water partition coefficient (Wildman–Crippen LogP) is 0.712. The predicted molar refractivity (Wildman–Crippen MR) is 237 cm³/mol. The number of ether oxygens (including phenoxy) is 4. The SMILES string of the molecule is C[C@@H]1O[C@@H](O[13C@H]2/[13CH]=[13CH]/[13CH]=[13CH]/[13CH]=[13CH]/[13CH]=[13CH]/[13CH]=[13CH]/[13CH]=[13CH]/[13CH]=[13CH]\[13C@@H]([13CH3])[13C@@H](O)[13C@@H]([13CH3])[13C@H]([13CH3])O[13C](=O)[13CH2][13C@H](O)[13CH2][13C@@H](O)[13CH2][13CH2][13C@@H](O)[13C@H](O)[13CH2][13C@H](O)[13CH2][13C@]3(O)[13CH2][13C@H](O)[13C@@H]([13C](=O)O)[13C@H]([13CH2]2)O3)[C@@H](O)[C@@H](N)[C@@H]1O. The Labute approximate surface area is 381 Å².